The molecular weight excluding hydrogens is 546 g/mol. The van der Waals surface area contributed by atoms with Crippen LogP contribution in [-0.4, -0.2) is 49.8 Å². The van der Waals surface area contributed by atoms with Gasteiger partial charge in [0.2, 0.25) is 11.8 Å². The van der Waals surface area contributed by atoms with Gasteiger partial charge in [0.1, 0.15) is 12.6 Å². The van der Waals surface area contributed by atoms with Crippen LogP contribution in [0.2, 0.25) is 5.02 Å². The molecule has 1 atom stereocenters. The molecule has 0 heterocycles. The molecule has 0 bridgehead atoms. The highest BCUT2D eigenvalue weighted by atomic mass is 35.5. The molecule has 0 saturated heterocycles. The molecule has 40 heavy (non-hydrogen) atoms. The number of hydrogen-bond acceptors (Lipinski definition) is 4. The lowest BCUT2D eigenvalue weighted by atomic mass is 10.1. The Hall–Kier alpha value is -3.36. The Kier molecular flexibility index (Phi) is 10.0. The molecule has 0 radical (unpaired) electrons. The molecule has 0 aliphatic carbocycles. The van der Waals surface area contributed by atoms with E-state index in [0.717, 1.165) is 21.0 Å². The Labute approximate surface area is 243 Å². The van der Waals surface area contributed by atoms with Gasteiger partial charge in [0.05, 0.1) is 10.6 Å². The van der Waals surface area contributed by atoms with E-state index in [1.165, 1.54) is 17.0 Å². The summed E-state index contributed by atoms with van der Waals surface area (Å²) in [7, 11) is -4.14. The Morgan fingerprint density at radius 3 is 2.15 bits per heavy atom. The highest BCUT2D eigenvalue weighted by Crippen LogP contribution is 2.28. The SMILES string of the molecule is Cc1ccc(S(=O)(=O)N(CC(=O)N(CCc2ccccc2)[C@H](C)C(=O)NC(C)(C)C)c2ccc(C)c(Cl)c2)cc1. The summed E-state index contributed by atoms with van der Waals surface area (Å²) in [4.78, 5) is 28.6. The van der Waals surface area contributed by atoms with Crippen molar-refractivity contribution in [3.63, 3.8) is 0 Å². The molecule has 0 spiro atoms. The minimum Gasteiger partial charge on any atom is -0.350 e. The maximum Gasteiger partial charge on any atom is 0.264 e. The molecule has 3 rings (SSSR count). The lowest BCUT2D eigenvalue weighted by molar-refractivity contribution is -0.139. The predicted molar refractivity (Wildman–Crippen MR) is 161 cm³/mol. The van der Waals surface area contributed by atoms with Crippen molar-refractivity contribution in [3.05, 3.63) is 94.5 Å². The molecule has 0 fully saturated rings. The van der Waals surface area contributed by atoms with Gasteiger partial charge in [-0.25, -0.2) is 8.42 Å². The number of carbonyl (C=O) groups excluding carboxylic acids is 2. The van der Waals surface area contributed by atoms with E-state index in [2.05, 4.69) is 5.32 Å². The highest BCUT2D eigenvalue weighted by molar-refractivity contribution is 7.92. The number of nitrogens with zero attached hydrogens (tertiary/aromatic N) is 2. The fourth-order valence-electron chi connectivity index (χ4n) is 4.15. The van der Waals surface area contributed by atoms with Crippen LogP contribution in [0.3, 0.4) is 0 Å². The predicted octanol–water partition coefficient (Wildman–Crippen LogP) is 5.53. The third-order valence-electron chi connectivity index (χ3n) is 6.48. The molecule has 1 N–H and O–H groups in total. The largest absolute Gasteiger partial charge is 0.350 e. The van der Waals surface area contributed by atoms with Gasteiger partial charge in [0.15, 0.2) is 0 Å². The molecule has 0 aliphatic rings. The molecule has 3 aromatic carbocycles. The first kappa shape index (κ1) is 31.2. The zero-order valence-corrected chi connectivity index (χ0v) is 25.5. The number of anilines is 1. The Morgan fingerprint density at radius 2 is 1.57 bits per heavy atom. The van der Waals surface area contributed by atoms with Gasteiger partial charge in [-0.15, -0.1) is 0 Å². The van der Waals surface area contributed by atoms with E-state index >= 15 is 0 Å². The van der Waals surface area contributed by atoms with Gasteiger partial charge in [-0.3, -0.25) is 13.9 Å². The highest BCUT2D eigenvalue weighted by Gasteiger charge is 2.33. The lowest BCUT2D eigenvalue weighted by Crippen LogP contribution is -2.55. The molecule has 0 aromatic heterocycles. The summed E-state index contributed by atoms with van der Waals surface area (Å²) >= 11 is 6.38. The molecule has 2 amide bonds. The quantitative estimate of drug-likeness (QED) is 0.340. The van der Waals surface area contributed by atoms with Gasteiger partial charge < -0.3 is 10.2 Å². The van der Waals surface area contributed by atoms with Crippen molar-refractivity contribution in [2.45, 2.75) is 64.4 Å². The zero-order chi connectivity index (χ0) is 29.7. The summed E-state index contributed by atoms with van der Waals surface area (Å²) < 4.78 is 28.9. The van der Waals surface area contributed by atoms with Crippen LogP contribution < -0.4 is 9.62 Å². The molecule has 0 aliphatic heterocycles. The summed E-state index contributed by atoms with van der Waals surface area (Å²) in [6.07, 6.45) is 0.501. The molecule has 0 unspecified atom stereocenters. The maximum atomic E-state index is 14.0. The first-order chi connectivity index (χ1) is 18.7. The molecule has 3 aromatic rings. The number of nitrogens with one attached hydrogen (secondary N) is 1. The number of rotatable bonds is 10. The minimum absolute atomic E-state index is 0.0527. The first-order valence-electron chi connectivity index (χ1n) is 13.2. The number of benzene rings is 3. The van der Waals surface area contributed by atoms with Crippen LogP contribution in [0.25, 0.3) is 0 Å². The first-order valence-corrected chi connectivity index (χ1v) is 15.0. The van der Waals surface area contributed by atoms with E-state index in [9.17, 15) is 18.0 Å². The number of amides is 2. The average molecular weight is 584 g/mol. The summed E-state index contributed by atoms with van der Waals surface area (Å²) in [5.74, 6) is -0.819. The van der Waals surface area contributed by atoms with Crippen molar-refractivity contribution in [1.29, 1.82) is 0 Å². The van der Waals surface area contributed by atoms with E-state index in [-0.39, 0.29) is 23.0 Å². The minimum atomic E-state index is -4.14. The fourth-order valence-corrected chi connectivity index (χ4v) is 5.73. The van der Waals surface area contributed by atoms with Crippen LogP contribution in [0, 0.1) is 13.8 Å². The number of carbonyl (C=O) groups is 2. The zero-order valence-electron chi connectivity index (χ0n) is 23.9. The van der Waals surface area contributed by atoms with Crippen LogP contribution in [0.15, 0.2) is 77.7 Å². The third-order valence-corrected chi connectivity index (χ3v) is 8.68. The number of aryl methyl sites for hydroxylation is 2. The number of sulfonamides is 1. The van der Waals surface area contributed by atoms with Crippen molar-refractivity contribution < 1.29 is 18.0 Å². The van der Waals surface area contributed by atoms with Gasteiger partial charge in [0.25, 0.3) is 10.0 Å². The second-order valence-electron chi connectivity index (χ2n) is 11.0. The Balaban J connectivity index is 2.01. The normalized spacial score (nSPS) is 12.5. The van der Waals surface area contributed by atoms with Crippen LogP contribution >= 0.6 is 11.6 Å². The smallest absolute Gasteiger partial charge is 0.264 e. The second-order valence-corrected chi connectivity index (χ2v) is 13.3. The van der Waals surface area contributed by atoms with Gasteiger partial charge in [-0.1, -0.05) is 65.7 Å². The van der Waals surface area contributed by atoms with Crippen molar-refractivity contribution in [2.75, 3.05) is 17.4 Å². The van der Waals surface area contributed by atoms with Gasteiger partial charge in [-0.05, 0) is 83.4 Å². The molecular formula is C31H38ClN3O4S. The summed E-state index contributed by atoms with van der Waals surface area (Å²) in [5, 5.41) is 3.31. The average Bonchev–Trinajstić information content (AvgIpc) is 2.88. The van der Waals surface area contributed by atoms with Crippen molar-refractivity contribution in [3.8, 4) is 0 Å². The summed E-state index contributed by atoms with van der Waals surface area (Å²) in [5.41, 5.74) is 2.45. The monoisotopic (exact) mass is 583 g/mol. The van der Waals surface area contributed by atoms with Crippen molar-refractivity contribution in [2.24, 2.45) is 0 Å². The van der Waals surface area contributed by atoms with Crippen LogP contribution in [0.4, 0.5) is 5.69 Å². The standard InChI is InChI=1S/C31H38ClN3O4S/c1-22-12-16-27(17-13-22)40(38,39)35(26-15-14-23(2)28(32)20-26)21-29(36)34(19-18-25-10-8-7-9-11-25)24(3)30(37)33-31(4,5)6/h7-17,20,24H,18-19,21H2,1-6H3,(H,33,37)/t24-/m1/s1. The van der Waals surface area contributed by atoms with E-state index in [4.69, 9.17) is 11.6 Å². The van der Waals surface area contributed by atoms with E-state index in [1.54, 1.807) is 37.3 Å². The van der Waals surface area contributed by atoms with Gasteiger partial charge in [0, 0.05) is 17.1 Å². The van der Waals surface area contributed by atoms with Crippen LogP contribution in [-0.2, 0) is 26.0 Å². The number of hydrogen-bond donors (Lipinski definition) is 1. The Bertz CT molecular complexity index is 1440. The molecule has 9 heteroatoms. The van der Waals surface area contributed by atoms with Gasteiger partial charge in [-0.2, -0.15) is 0 Å². The van der Waals surface area contributed by atoms with E-state index in [0.29, 0.717) is 11.4 Å². The van der Waals surface area contributed by atoms with Crippen LogP contribution in [0.1, 0.15) is 44.4 Å². The number of halogens is 1. The maximum absolute atomic E-state index is 14.0. The fraction of sp³-hybridized carbons (Fsp3) is 0.355. The Morgan fingerprint density at radius 1 is 0.950 bits per heavy atom. The van der Waals surface area contributed by atoms with Crippen molar-refractivity contribution >= 4 is 39.1 Å². The summed E-state index contributed by atoms with van der Waals surface area (Å²) in [6.45, 7) is 10.7. The molecule has 214 valence electrons. The topological polar surface area (TPSA) is 86.8 Å². The van der Waals surface area contributed by atoms with Crippen molar-refractivity contribution in [1.82, 2.24) is 10.2 Å². The van der Waals surface area contributed by atoms with E-state index in [1.807, 2.05) is 65.0 Å². The summed E-state index contributed by atoms with van der Waals surface area (Å²) in [6, 6.07) is 20.1. The lowest BCUT2D eigenvalue weighted by Gasteiger charge is -2.33. The molecule has 0 saturated carbocycles. The third kappa shape index (κ3) is 8.08. The van der Waals surface area contributed by atoms with Gasteiger partial charge >= 0.3 is 0 Å². The molecule has 7 nitrogen and oxygen atoms in total. The van der Waals surface area contributed by atoms with Crippen LogP contribution in [0.5, 0.6) is 0 Å². The van der Waals surface area contributed by atoms with E-state index < -0.39 is 34.1 Å². The second kappa shape index (κ2) is 12.9.